The van der Waals surface area contributed by atoms with Crippen LogP contribution in [0.5, 0.6) is 11.5 Å². The van der Waals surface area contributed by atoms with Crippen molar-refractivity contribution >= 4 is 11.6 Å². The Balaban J connectivity index is 2.25. The van der Waals surface area contributed by atoms with Gasteiger partial charge >= 0.3 is 0 Å². The monoisotopic (exact) mass is 272 g/mol. The van der Waals surface area contributed by atoms with Gasteiger partial charge in [-0.15, -0.1) is 0 Å². The third-order valence-corrected chi connectivity index (χ3v) is 2.84. The zero-order valence-electron chi connectivity index (χ0n) is 11.1. The lowest BCUT2D eigenvalue weighted by molar-refractivity contribution is 0.100. The van der Waals surface area contributed by atoms with Crippen LogP contribution in [-0.2, 0) is 6.61 Å². The number of nitrogen functional groups attached to an aromatic ring is 1. The van der Waals surface area contributed by atoms with Crippen molar-refractivity contribution in [2.45, 2.75) is 6.61 Å². The van der Waals surface area contributed by atoms with Gasteiger partial charge in [0.1, 0.15) is 6.61 Å². The lowest BCUT2D eigenvalue weighted by atomic mass is 10.1. The predicted octanol–water partition coefficient (Wildman–Crippen LogP) is 1.96. The average Bonchev–Trinajstić information content (AvgIpc) is 2.46. The first-order valence-electron chi connectivity index (χ1n) is 6.06. The van der Waals surface area contributed by atoms with Gasteiger partial charge in [0.15, 0.2) is 11.5 Å². The minimum absolute atomic E-state index is 0.217. The molecule has 0 saturated carbocycles. The summed E-state index contributed by atoms with van der Waals surface area (Å²) < 4.78 is 10.9. The van der Waals surface area contributed by atoms with Crippen molar-refractivity contribution in [3.8, 4) is 11.5 Å². The number of nitrogens with two attached hydrogens (primary N) is 2. The number of hydrogen-bond donors (Lipinski definition) is 2. The summed E-state index contributed by atoms with van der Waals surface area (Å²) in [6.07, 6.45) is 0. The van der Waals surface area contributed by atoms with Crippen LogP contribution < -0.4 is 20.9 Å². The molecule has 0 spiro atoms. The highest BCUT2D eigenvalue weighted by Crippen LogP contribution is 2.32. The third-order valence-electron chi connectivity index (χ3n) is 2.84. The van der Waals surface area contributed by atoms with Crippen molar-refractivity contribution in [3.63, 3.8) is 0 Å². The molecule has 104 valence electrons. The van der Waals surface area contributed by atoms with Crippen LogP contribution in [0.3, 0.4) is 0 Å². The second-order valence-electron chi connectivity index (χ2n) is 4.23. The molecular formula is C15H16N2O3. The maximum atomic E-state index is 11.3. The third kappa shape index (κ3) is 3.00. The smallest absolute Gasteiger partial charge is 0.250 e. The summed E-state index contributed by atoms with van der Waals surface area (Å²) in [5.41, 5.74) is 12.5. The summed E-state index contributed by atoms with van der Waals surface area (Å²) in [4.78, 5) is 11.3. The van der Waals surface area contributed by atoms with Crippen LogP contribution in [0.25, 0.3) is 0 Å². The molecule has 0 aromatic heterocycles. The molecule has 4 N–H and O–H groups in total. The SMILES string of the molecule is COc1cc(N)c(C(N)=O)cc1OCc1ccccc1. The summed E-state index contributed by atoms with van der Waals surface area (Å²) in [6.45, 7) is 0.360. The summed E-state index contributed by atoms with van der Waals surface area (Å²) in [6, 6.07) is 12.7. The Morgan fingerprint density at radius 2 is 1.85 bits per heavy atom. The van der Waals surface area contributed by atoms with Crippen LogP contribution in [-0.4, -0.2) is 13.0 Å². The molecule has 0 aliphatic rings. The number of amides is 1. The van der Waals surface area contributed by atoms with Gasteiger partial charge in [-0.05, 0) is 11.6 Å². The van der Waals surface area contributed by atoms with Crippen molar-refractivity contribution in [2.24, 2.45) is 5.73 Å². The summed E-state index contributed by atoms with van der Waals surface area (Å²) in [7, 11) is 1.51. The predicted molar refractivity (Wildman–Crippen MR) is 76.7 cm³/mol. The van der Waals surface area contributed by atoms with Gasteiger partial charge in [-0.3, -0.25) is 4.79 Å². The van der Waals surface area contributed by atoms with E-state index in [-0.39, 0.29) is 11.3 Å². The van der Waals surface area contributed by atoms with Gasteiger partial charge in [0, 0.05) is 11.8 Å². The van der Waals surface area contributed by atoms with E-state index in [1.54, 1.807) is 0 Å². The minimum Gasteiger partial charge on any atom is -0.493 e. The molecule has 0 fully saturated rings. The van der Waals surface area contributed by atoms with Gasteiger partial charge in [-0.25, -0.2) is 0 Å². The van der Waals surface area contributed by atoms with E-state index in [1.165, 1.54) is 19.2 Å². The standard InChI is InChI=1S/C15H16N2O3/c1-19-13-8-12(16)11(15(17)18)7-14(13)20-9-10-5-3-2-4-6-10/h2-8H,9,16H2,1H3,(H2,17,18). The second kappa shape index (κ2) is 5.97. The van der Waals surface area contributed by atoms with Crippen molar-refractivity contribution in [2.75, 3.05) is 12.8 Å². The molecule has 0 bridgehead atoms. The van der Waals surface area contributed by atoms with E-state index < -0.39 is 5.91 Å². The fourth-order valence-corrected chi connectivity index (χ4v) is 1.80. The number of ether oxygens (including phenoxy) is 2. The number of carbonyl (C=O) groups is 1. The molecule has 0 atom stereocenters. The Kier molecular flexibility index (Phi) is 4.10. The van der Waals surface area contributed by atoms with Gasteiger partial charge in [-0.1, -0.05) is 30.3 Å². The number of carbonyl (C=O) groups excluding carboxylic acids is 1. The molecule has 0 unspecified atom stereocenters. The molecule has 0 aliphatic carbocycles. The second-order valence-corrected chi connectivity index (χ2v) is 4.23. The maximum absolute atomic E-state index is 11.3. The number of hydrogen-bond acceptors (Lipinski definition) is 4. The molecule has 0 radical (unpaired) electrons. The van der Waals surface area contributed by atoms with Gasteiger partial charge in [0.2, 0.25) is 0 Å². The lowest BCUT2D eigenvalue weighted by Gasteiger charge is -2.13. The molecule has 2 aromatic rings. The van der Waals surface area contributed by atoms with Crippen molar-refractivity contribution in [1.29, 1.82) is 0 Å². The molecule has 0 aliphatic heterocycles. The van der Waals surface area contributed by atoms with Gasteiger partial charge in [0.05, 0.1) is 12.7 Å². The van der Waals surface area contributed by atoms with Crippen LogP contribution in [0.1, 0.15) is 15.9 Å². The first-order valence-corrected chi connectivity index (χ1v) is 6.06. The molecule has 2 rings (SSSR count). The highest BCUT2D eigenvalue weighted by Gasteiger charge is 2.13. The molecule has 5 heteroatoms. The molecule has 5 nitrogen and oxygen atoms in total. The van der Waals surface area contributed by atoms with Crippen molar-refractivity contribution in [1.82, 2.24) is 0 Å². The van der Waals surface area contributed by atoms with E-state index in [0.717, 1.165) is 5.56 Å². The Hall–Kier alpha value is -2.69. The Labute approximate surface area is 117 Å². The van der Waals surface area contributed by atoms with E-state index in [1.807, 2.05) is 30.3 Å². The van der Waals surface area contributed by atoms with Crippen LogP contribution in [0.4, 0.5) is 5.69 Å². The van der Waals surface area contributed by atoms with E-state index in [0.29, 0.717) is 18.1 Å². The van der Waals surface area contributed by atoms with E-state index in [2.05, 4.69) is 0 Å². The number of benzene rings is 2. The first kappa shape index (κ1) is 13.7. The van der Waals surface area contributed by atoms with Crippen LogP contribution in [0, 0.1) is 0 Å². The maximum Gasteiger partial charge on any atom is 0.250 e. The van der Waals surface area contributed by atoms with Crippen LogP contribution in [0.2, 0.25) is 0 Å². The van der Waals surface area contributed by atoms with E-state index in [9.17, 15) is 4.79 Å². The fraction of sp³-hybridized carbons (Fsp3) is 0.133. The van der Waals surface area contributed by atoms with Crippen LogP contribution in [0.15, 0.2) is 42.5 Å². The largest absolute Gasteiger partial charge is 0.493 e. The Morgan fingerprint density at radius 3 is 2.45 bits per heavy atom. The molecule has 0 heterocycles. The molecule has 1 amide bonds. The molecule has 20 heavy (non-hydrogen) atoms. The molecular weight excluding hydrogens is 256 g/mol. The van der Waals surface area contributed by atoms with Gasteiger partial charge in [0.25, 0.3) is 5.91 Å². The van der Waals surface area contributed by atoms with Crippen molar-refractivity contribution < 1.29 is 14.3 Å². The summed E-state index contributed by atoms with van der Waals surface area (Å²) >= 11 is 0. The Bertz CT molecular complexity index is 612. The minimum atomic E-state index is -0.602. The van der Waals surface area contributed by atoms with Gasteiger partial charge in [-0.2, -0.15) is 0 Å². The first-order chi connectivity index (χ1) is 9.61. The number of methoxy groups -OCH3 is 1. The summed E-state index contributed by atoms with van der Waals surface area (Å²) in [5, 5.41) is 0. The number of anilines is 1. The van der Waals surface area contributed by atoms with Crippen molar-refractivity contribution in [3.05, 3.63) is 53.6 Å². The zero-order chi connectivity index (χ0) is 14.5. The van der Waals surface area contributed by atoms with Crippen LogP contribution >= 0.6 is 0 Å². The highest BCUT2D eigenvalue weighted by atomic mass is 16.5. The quantitative estimate of drug-likeness (QED) is 0.814. The number of primary amides is 1. The zero-order valence-corrected chi connectivity index (χ0v) is 11.1. The Morgan fingerprint density at radius 1 is 1.15 bits per heavy atom. The number of rotatable bonds is 5. The summed E-state index contributed by atoms with van der Waals surface area (Å²) in [5.74, 6) is 0.289. The van der Waals surface area contributed by atoms with E-state index in [4.69, 9.17) is 20.9 Å². The lowest BCUT2D eigenvalue weighted by Crippen LogP contribution is -2.14. The highest BCUT2D eigenvalue weighted by molar-refractivity contribution is 5.98. The molecule has 2 aromatic carbocycles. The average molecular weight is 272 g/mol. The normalized spacial score (nSPS) is 10.1. The van der Waals surface area contributed by atoms with Gasteiger partial charge < -0.3 is 20.9 Å². The topological polar surface area (TPSA) is 87.6 Å². The van der Waals surface area contributed by atoms with E-state index >= 15 is 0 Å². The molecule has 0 saturated heterocycles. The fourth-order valence-electron chi connectivity index (χ4n) is 1.80.